The van der Waals surface area contributed by atoms with Crippen LogP contribution < -0.4 is 16.0 Å². The van der Waals surface area contributed by atoms with E-state index in [1.807, 2.05) is 32.0 Å². The summed E-state index contributed by atoms with van der Waals surface area (Å²) in [4.78, 5) is 40.7. The van der Waals surface area contributed by atoms with Crippen molar-refractivity contribution in [2.24, 2.45) is 0 Å². The molecule has 0 radical (unpaired) electrons. The van der Waals surface area contributed by atoms with Crippen molar-refractivity contribution in [3.63, 3.8) is 0 Å². The molecule has 4 N–H and O–H groups in total. The molecule has 0 aliphatic heterocycles. The number of carbonyl (C=O) groups excluding carboxylic acids is 2. The quantitative estimate of drug-likeness (QED) is 0.0947. The number of unbranched alkanes of at least 4 members (excludes halogenated alkanes) is 1. The number of anilines is 3. The van der Waals surface area contributed by atoms with E-state index in [0.29, 0.717) is 43.5 Å². The van der Waals surface area contributed by atoms with E-state index in [1.54, 1.807) is 25.5 Å². The molecule has 0 fully saturated rings. The number of carbonyl (C=O) groups is 2. The zero-order chi connectivity index (χ0) is 29.6. The van der Waals surface area contributed by atoms with Gasteiger partial charge in [-0.2, -0.15) is 10.1 Å². The van der Waals surface area contributed by atoms with E-state index >= 15 is 0 Å². The molecule has 0 saturated carbocycles. The predicted molar refractivity (Wildman–Crippen MR) is 162 cm³/mol. The molecular weight excluding hydrogens is 520 g/mol. The van der Waals surface area contributed by atoms with E-state index in [-0.39, 0.29) is 5.91 Å². The Balaban J connectivity index is 1.51. The van der Waals surface area contributed by atoms with Gasteiger partial charge in [0.25, 0.3) is 0 Å². The highest BCUT2D eigenvalue weighted by molar-refractivity contribution is 5.89. The number of pyridine rings is 1. The lowest BCUT2D eigenvalue weighted by atomic mass is 10.2. The summed E-state index contributed by atoms with van der Waals surface area (Å²) in [7, 11) is 5.49. The standard InChI is InChI=1S/C29H40N10O2/c1-6-13-31-27-22(17-33-29(35-27)34-23-16-25-21(2)36-37-28(25)32-18-23)11-8-7-9-14-30-19-24(20-40)39(5)26(41)12-10-15-38(3)4/h10,12,16-18,20,24,30H,6-7,9,13-15,19H2,1-5H3,(H,32,36,37)(H2,31,33,34,35)/b12-10+/t24-/m0/s1. The van der Waals surface area contributed by atoms with Gasteiger partial charge in [-0.25, -0.2) is 9.97 Å². The Hall–Kier alpha value is -4.34. The lowest BCUT2D eigenvalue weighted by Gasteiger charge is -2.23. The number of amides is 1. The third-order valence-corrected chi connectivity index (χ3v) is 6.15. The number of rotatable bonds is 15. The minimum atomic E-state index is -0.532. The summed E-state index contributed by atoms with van der Waals surface area (Å²) < 4.78 is 0. The van der Waals surface area contributed by atoms with Gasteiger partial charge in [0.05, 0.1) is 29.7 Å². The van der Waals surface area contributed by atoms with Crippen LogP contribution in [0, 0.1) is 18.8 Å². The molecule has 3 aromatic rings. The molecule has 0 unspecified atom stereocenters. The molecule has 12 heteroatoms. The highest BCUT2D eigenvalue weighted by Gasteiger charge is 2.16. The van der Waals surface area contributed by atoms with Gasteiger partial charge in [0.15, 0.2) is 5.65 Å². The average Bonchev–Trinajstić information content (AvgIpc) is 3.33. The van der Waals surface area contributed by atoms with Gasteiger partial charge in [-0.3, -0.25) is 9.89 Å². The van der Waals surface area contributed by atoms with Gasteiger partial charge in [-0.1, -0.05) is 24.8 Å². The molecule has 0 aliphatic carbocycles. The maximum Gasteiger partial charge on any atom is 0.246 e. The number of aromatic nitrogens is 5. The van der Waals surface area contributed by atoms with Gasteiger partial charge < -0.3 is 30.5 Å². The number of aryl methyl sites for hydroxylation is 1. The number of aldehydes is 1. The molecule has 3 aromatic heterocycles. The van der Waals surface area contributed by atoms with E-state index in [1.165, 1.54) is 11.0 Å². The fourth-order valence-corrected chi connectivity index (χ4v) is 3.76. The van der Waals surface area contributed by atoms with Gasteiger partial charge >= 0.3 is 0 Å². The van der Waals surface area contributed by atoms with Crippen molar-refractivity contribution in [1.29, 1.82) is 0 Å². The monoisotopic (exact) mass is 560 g/mol. The van der Waals surface area contributed by atoms with Crippen molar-refractivity contribution in [2.75, 3.05) is 58.0 Å². The van der Waals surface area contributed by atoms with Crippen molar-refractivity contribution in [3.8, 4) is 11.8 Å². The molecule has 41 heavy (non-hydrogen) atoms. The average molecular weight is 561 g/mol. The third-order valence-electron chi connectivity index (χ3n) is 6.15. The first kappa shape index (κ1) is 31.2. The number of likely N-dealkylation sites (N-methyl/N-ethyl adjacent to an activating group) is 2. The Labute approximate surface area is 241 Å². The zero-order valence-corrected chi connectivity index (χ0v) is 24.5. The summed E-state index contributed by atoms with van der Waals surface area (Å²) in [5, 5.41) is 17.8. The van der Waals surface area contributed by atoms with E-state index in [9.17, 15) is 9.59 Å². The Bertz CT molecular complexity index is 1390. The van der Waals surface area contributed by atoms with Crippen LogP contribution >= 0.6 is 0 Å². The Morgan fingerprint density at radius 3 is 2.78 bits per heavy atom. The van der Waals surface area contributed by atoms with E-state index in [4.69, 9.17) is 0 Å². The van der Waals surface area contributed by atoms with Crippen molar-refractivity contribution < 1.29 is 9.59 Å². The third kappa shape index (κ3) is 9.66. The summed E-state index contributed by atoms with van der Waals surface area (Å²) in [5.41, 5.74) is 3.09. The number of hydrogen-bond acceptors (Lipinski definition) is 10. The van der Waals surface area contributed by atoms with Gasteiger partial charge in [-0.05, 0) is 46.5 Å². The van der Waals surface area contributed by atoms with Gasteiger partial charge in [0, 0.05) is 50.3 Å². The van der Waals surface area contributed by atoms with Crippen LogP contribution in [0.4, 0.5) is 17.5 Å². The maximum absolute atomic E-state index is 12.3. The lowest BCUT2D eigenvalue weighted by molar-refractivity contribution is -0.130. The SMILES string of the molecule is CCCNc1nc(Nc2cnc3n[nH]c(C)c3c2)ncc1C#CCCCNC[C@@H](C=O)N(C)C(=O)/C=C/CN(C)C. The first-order valence-electron chi connectivity index (χ1n) is 13.7. The van der Waals surface area contributed by atoms with Crippen molar-refractivity contribution in [3.05, 3.63) is 41.9 Å². The highest BCUT2D eigenvalue weighted by Crippen LogP contribution is 2.21. The molecule has 1 atom stereocenters. The van der Waals surface area contributed by atoms with Crippen LogP contribution in [0.1, 0.15) is 37.4 Å². The second-order valence-corrected chi connectivity index (χ2v) is 9.88. The van der Waals surface area contributed by atoms with Crippen LogP contribution in [-0.4, -0.2) is 101 Å². The number of fused-ring (bicyclic) bond motifs is 1. The van der Waals surface area contributed by atoms with Crippen molar-refractivity contribution >= 4 is 40.7 Å². The summed E-state index contributed by atoms with van der Waals surface area (Å²) in [6.45, 7) is 6.52. The van der Waals surface area contributed by atoms with E-state index in [2.05, 4.69) is 59.9 Å². The maximum atomic E-state index is 12.3. The van der Waals surface area contributed by atoms with Crippen LogP contribution in [-0.2, 0) is 9.59 Å². The molecule has 3 heterocycles. The minimum absolute atomic E-state index is 0.196. The van der Waals surface area contributed by atoms with E-state index < -0.39 is 6.04 Å². The Morgan fingerprint density at radius 2 is 2.02 bits per heavy atom. The first-order chi connectivity index (χ1) is 19.8. The Morgan fingerprint density at radius 1 is 1.20 bits per heavy atom. The Kier molecular flexibility index (Phi) is 12.2. The molecule has 0 aliphatic rings. The summed E-state index contributed by atoms with van der Waals surface area (Å²) in [5.74, 6) is 7.28. The lowest BCUT2D eigenvalue weighted by Crippen LogP contribution is -2.44. The summed E-state index contributed by atoms with van der Waals surface area (Å²) >= 11 is 0. The number of nitrogens with zero attached hydrogens (tertiary/aromatic N) is 6. The number of nitrogens with one attached hydrogen (secondary N) is 4. The fourth-order valence-electron chi connectivity index (χ4n) is 3.76. The van der Waals surface area contributed by atoms with Crippen molar-refractivity contribution in [1.82, 2.24) is 40.3 Å². The van der Waals surface area contributed by atoms with Crippen LogP contribution in [0.3, 0.4) is 0 Å². The molecule has 0 bridgehead atoms. The molecule has 218 valence electrons. The second kappa shape index (κ2) is 16.1. The minimum Gasteiger partial charge on any atom is -0.369 e. The molecule has 12 nitrogen and oxygen atoms in total. The van der Waals surface area contributed by atoms with Gasteiger partial charge in [0.1, 0.15) is 12.1 Å². The van der Waals surface area contributed by atoms with Crippen molar-refractivity contribution in [2.45, 2.75) is 39.2 Å². The number of aromatic amines is 1. The normalized spacial score (nSPS) is 11.9. The predicted octanol–water partition coefficient (Wildman–Crippen LogP) is 2.49. The molecule has 0 saturated heterocycles. The highest BCUT2D eigenvalue weighted by atomic mass is 16.2. The molecule has 0 aromatic carbocycles. The van der Waals surface area contributed by atoms with Crippen LogP contribution in [0.2, 0.25) is 0 Å². The van der Waals surface area contributed by atoms with Crippen LogP contribution in [0.15, 0.2) is 30.6 Å². The summed E-state index contributed by atoms with van der Waals surface area (Å²) in [6, 6.07) is 1.43. The number of H-pyrrole nitrogens is 1. The van der Waals surface area contributed by atoms with Gasteiger partial charge in [-0.15, -0.1) is 0 Å². The zero-order valence-electron chi connectivity index (χ0n) is 24.5. The first-order valence-corrected chi connectivity index (χ1v) is 13.7. The number of hydrogen-bond donors (Lipinski definition) is 4. The molecule has 1 amide bonds. The molecular formula is C29H40N10O2. The smallest absolute Gasteiger partial charge is 0.246 e. The van der Waals surface area contributed by atoms with Gasteiger partial charge in [0.2, 0.25) is 11.9 Å². The molecule has 0 spiro atoms. The van der Waals surface area contributed by atoms with Crippen LogP contribution in [0.5, 0.6) is 0 Å². The van der Waals surface area contributed by atoms with E-state index in [0.717, 1.165) is 48.0 Å². The fraction of sp³-hybridized carbons (Fsp3) is 0.448. The topological polar surface area (TPSA) is 144 Å². The summed E-state index contributed by atoms with van der Waals surface area (Å²) in [6.07, 6.45) is 9.88. The second-order valence-electron chi connectivity index (χ2n) is 9.88. The van der Waals surface area contributed by atoms with Crippen LogP contribution in [0.25, 0.3) is 11.0 Å². The largest absolute Gasteiger partial charge is 0.369 e. The molecule has 3 rings (SSSR count).